The maximum atomic E-state index is 14.9. The quantitative estimate of drug-likeness (QED) is 0.433. The first-order chi connectivity index (χ1) is 14.5. The van der Waals surface area contributed by atoms with E-state index in [1.54, 1.807) is 12.1 Å². The first kappa shape index (κ1) is 21.2. The number of rotatable bonds is 5. The molecule has 0 saturated heterocycles. The molecule has 2 saturated carbocycles. The lowest BCUT2D eigenvalue weighted by molar-refractivity contribution is 0.115. The van der Waals surface area contributed by atoms with Gasteiger partial charge < -0.3 is 0 Å². The lowest BCUT2D eigenvalue weighted by atomic mass is 9.63. The van der Waals surface area contributed by atoms with Crippen LogP contribution in [-0.4, -0.2) is 0 Å². The summed E-state index contributed by atoms with van der Waals surface area (Å²) in [6.45, 7) is 5.35. The van der Waals surface area contributed by atoms with Crippen LogP contribution in [0, 0.1) is 42.1 Å². The van der Waals surface area contributed by atoms with Crippen molar-refractivity contribution in [1.82, 2.24) is 0 Å². The molecule has 2 fully saturated rings. The van der Waals surface area contributed by atoms with E-state index < -0.39 is 17.5 Å². The first-order valence-electron chi connectivity index (χ1n) is 11.3. The van der Waals surface area contributed by atoms with Crippen molar-refractivity contribution in [3.05, 3.63) is 71.6 Å². The number of halogens is 3. The number of hydrogen-bond acceptors (Lipinski definition) is 0. The Balaban J connectivity index is 1.47. The third kappa shape index (κ3) is 4.22. The van der Waals surface area contributed by atoms with Crippen molar-refractivity contribution in [3.8, 4) is 11.1 Å². The van der Waals surface area contributed by atoms with Gasteiger partial charge in [0, 0.05) is 11.1 Å². The average Bonchev–Trinajstić information content (AvgIpc) is 2.76. The van der Waals surface area contributed by atoms with Gasteiger partial charge in [0.05, 0.1) is 0 Å². The van der Waals surface area contributed by atoms with Crippen molar-refractivity contribution in [1.29, 1.82) is 0 Å². The normalized spacial score (nSPS) is 26.3. The second-order valence-corrected chi connectivity index (χ2v) is 9.37. The topological polar surface area (TPSA) is 0 Å². The molecule has 4 unspecified atom stereocenters. The predicted molar refractivity (Wildman–Crippen MR) is 117 cm³/mol. The van der Waals surface area contributed by atoms with Crippen molar-refractivity contribution in [2.45, 2.75) is 64.2 Å². The van der Waals surface area contributed by atoms with Crippen LogP contribution in [-0.2, 0) is 0 Å². The monoisotopic (exact) mass is 412 g/mol. The Labute approximate surface area is 178 Å². The van der Waals surface area contributed by atoms with Crippen LogP contribution in [0.25, 0.3) is 11.1 Å². The van der Waals surface area contributed by atoms with Gasteiger partial charge >= 0.3 is 0 Å². The van der Waals surface area contributed by atoms with Crippen LogP contribution >= 0.6 is 0 Å². The fourth-order valence-electron chi connectivity index (χ4n) is 5.76. The minimum Gasteiger partial charge on any atom is -0.206 e. The first-order valence-corrected chi connectivity index (χ1v) is 11.3. The molecule has 0 radical (unpaired) electrons. The molecule has 160 valence electrons. The van der Waals surface area contributed by atoms with Crippen LogP contribution in [0.5, 0.6) is 0 Å². The lowest BCUT2D eigenvalue weighted by Crippen LogP contribution is -2.30. The minimum atomic E-state index is -0.977. The summed E-state index contributed by atoms with van der Waals surface area (Å²) in [5, 5.41) is 0. The summed E-state index contributed by atoms with van der Waals surface area (Å²) >= 11 is 0. The molecule has 3 heteroatoms. The standard InChI is InChI=1S/C27H31F3/c1-3-4-5-18-7-8-20-15-21(10-9-19(20)14-18)22-11-13-23(25(28)16-22)24-12-6-17(2)26(29)27(24)30/h3,6,11-13,16,18-21H,1,4-5,7-10,14-15H2,2H3. The molecule has 2 aliphatic rings. The fraction of sp³-hybridized carbons (Fsp3) is 0.481. The number of fused-ring (bicyclic) bond motifs is 1. The summed E-state index contributed by atoms with van der Waals surface area (Å²) in [6, 6.07) is 8.04. The molecule has 0 bridgehead atoms. The molecule has 2 aliphatic carbocycles. The summed E-state index contributed by atoms with van der Waals surface area (Å²) in [5.41, 5.74) is 1.34. The number of benzene rings is 2. The Morgan fingerprint density at radius 2 is 1.63 bits per heavy atom. The SMILES string of the molecule is C=CCCC1CCC2CC(c3ccc(-c4ccc(C)c(F)c4F)c(F)c3)CCC2C1. The van der Waals surface area contributed by atoms with Gasteiger partial charge in [-0.1, -0.05) is 36.8 Å². The number of hydrogen-bond donors (Lipinski definition) is 0. The van der Waals surface area contributed by atoms with Crippen molar-refractivity contribution in [2.75, 3.05) is 0 Å². The van der Waals surface area contributed by atoms with E-state index in [1.807, 2.05) is 12.1 Å². The van der Waals surface area contributed by atoms with Gasteiger partial charge in [-0.15, -0.1) is 6.58 Å². The smallest absolute Gasteiger partial charge is 0.167 e. The third-order valence-corrected chi connectivity index (χ3v) is 7.53. The summed E-state index contributed by atoms with van der Waals surface area (Å²) < 4.78 is 43.2. The maximum absolute atomic E-state index is 14.9. The Morgan fingerprint density at radius 1 is 0.900 bits per heavy atom. The zero-order valence-electron chi connectivity index (χ0n) is 17.8. The van der Waals surface area contributed by atoms with Crippen molar-refractivity contribution >= 4 is 0 Å². The van der Waals surface area contributed by atoms with Crippen LogP contribution in [0.4, 0.5) is 13.2 Å². The van der Waals surface area contributed by atoms with Crippen molar-refractivity contribution in [2.24, 2.45) is 17.8 Å². The van der Waals surface area contributed by atoms with E-state index in [9.17, 15) is 13.2 Å². The molecular weight excluding hydrogens is 381 g/mol. The summed E-state index contributed by atoms with van der Waals surface area (Å²) in [4.78, 5) is 0. The summed E-state index contributed by atoms with van der Waals surface area (Å²) in [7, 11) is 0. The average molecular weight is 413 g/mol. The Bertz CT molecular complexity index is 917. The summed E-state index contributed by atoms with van der Waals surface area (Å²) in [6.07, 6.45) is 11.7. The molecule has 0 nitrogen and oxygen atoms in total. The highest BCUT2D eigenvalue weighted by molar-refractivity contribution is 5.66. The molecule has 2 aromatic rings. The maximum Gasteiger partial charge on any atom is 0.167 e. The van der Waals surface area contributed by atoms with Gasteiger partial charge in [0.2, 0.25) is 0 Å². The zero-order chi connectivity index (χ0) is 21.3. The Morgan fingerprint density at radius 3 is 2.40 bits per heavy atom. The highest BCUT2D eigenvalue weighted by atomic mass is 19.2. The largest absolute Gasteiger partial charge is 0.206 e. The van der Waals surface area contributed by atoms with E-state index in [0.717, 1.165) is 42.6 Å². The molecular formula is C27H31F3. The van der Waals surface area contributed by atoms with Gasteiger partial charge in [0.1, 0.15) is 5.82 Å². The lowest BCUT2D eigenvalue weighted by Gasteiger charge is -2.42. The van der Waals surface area contributed by atoms with Gasteiger partial charge in [-0.05, 0) is 92.7 Å². The highest BCUT2D eigenvalue weighted by Gasteiger charge is 2.35. The van der Waals surface area contributed by atoms with Crippen molar-refractivity contribution < 1.29 is 13.2 Å². The molecule has 0 heterocycles. The van der Waals surface area contributed by atoms with E-state index in [-0.39, 0.29) is 16.7 Å². The van der Waals surface area contributed by atoms with E-state index in [2.05, 4.69) is 6.58 Å². The molecule has 0 spiro atoms. The molecule has 0 aromatic heterocycles. The third-order valence-electron chi connectivity index (χ3n) is 7.53. The second-order valence-electron chi connectivity index (χ2n) is 9.37. The van der Waals surface area contributed by atoms with Crippen LogP contribution in [0.3, 0.4) is 0 Å². The molecule has 0 amide bonds. The van der Waals surface area contributed by atoms with Gasteiger partial charge in [0.25, 0.3) is 0 Å². The minimum absolute atomic E-state index is 0.0105. The van der Waals surface area contributed by atoms with Crippen LogP contribution in [0.2, 0.25) is 0 Å². The van der Waals surface area contributed by atoms with Gasteiger partial charge in [0.15, 0.2) is 11.6 Å². The second kappa shape index (κ2) is 8.99. The fourth-order valence-corrected chi connectivity index (χ4v) is 5.76. The van der Waals surface area contributed by atoms with Gasteiger partial charge in [-0.2, -0.15) is 0 Å². The molecule has 4 rings (SSSR count). The Hall–Kier alpha value is -2.03. The van der Waals surface area contributed by atoms with Gasteiger partial charge in [-0.3, -0.25) is 0 Å². The van der Waals surface area contributed by atoms with E-state index in [4.69, 9.17) is 0 Å². The highest BCUT2D eigenvalue weighted by Crippen LogP contribution is 2.48. The number of aryl methyl sites for hydroxylation is 1. The van der Waals surface area contributed by atoms with Crippen LogP contribution in [0.15, 0.2) is 43.0 Å². The molecule has 0 N–H and O–H groups in total. The van der Waals surface area contributed by atoms with Crippen LogP contribution < -0.4 is 0 Å². The molecule has 30 heavy (non-hydrogen) atoms. The van der Waals surface area contributed by atoms with E-state index >= 15 is 0 Å². The summed E-state index contributed by atoms with van der Waals surface area (Å²) in [5.74, 6) is 0.383. The number of allylic oxidation sites excluding steroid dienone is 1. The van der Waals surface area contributed by atoms with E-state index in [0.29, 0.717) is 5.92 Å². The van der Waals surface area contributed by atoms with E-state index in [1.165, 1.54) is 51.2 Å². The Kier molecular flexibility index (Phi) is 6.36. The van der Waals surface area contributed by atoms with Crippen LogP contribution in [0.1, 0.15) is 68.4 Å². The molecule has 2 aromatic carbocycles. The van der Waals surface area contributed by atoms with Crippen molar-refractivity contribution in [3.63, 3.8) is 0 Å². The molecule has 4 atom stereocenters. The van der Waals surface area contributed by atoms with Gasteiger partial charge in [-0.25, -0.2) is 13.2 Å². The molecule has 0 aliphatic heterocycles. The predicted octanol–water partition coefficient (Wildman–Crippen LogP) is 8.35. The zero-order valence-corrected chi connectivity index (χ0v) is 17.8.